The van der Waals surface area contributed by atoms with Crippen LogP contribution >= 0.6 is 0 Å². The van der Waals surface area contributed by atoms with Gasteiger partial charge in [-0.3, -0.25) is 0 Å². The first-order valence-corrected chi connectivity index (χ1v) is 9.91. The standard InChI is InChI=1S/C25H28O4/c1-21(26)28-19-17-27-18-20-29-25(22-11-5-2-6-12-22,23-13-7-3-8-14-23)24-15-9-4-10-16-24/h2-16,21,26H,17-20H2,1H3. The van der Waals surface area contributed by atoms with Crippen LogP contribution in [-0.2, 0) is 19.8 Å². The van der Waals surface area contributed by atoms with Gasteiger partial charge in [-0.1, -0.05) is 91.0 Å². The van der Waals surface area contributed by atoms with Crippen LogP contribution in [-0.4, -0.2) is 37.8 Å². The van der Waals surface area contributed by atoms with Gasteiger partial charge in [-0.25, -0.2) is 0 Å². The smallest absolute Gasteiger partial charge is 0.151 e. The summed E-state index contributed by atoms with van der Waals surface area (Å²) in [5, 5.41) is 9.14. The molecule has 0 aromatic heterocycles. The van der Waals surface area contributed by atoms with Crippen LogP contribution in [0, 0.1) is 0 Å². The number of aliphatic hydroxyl groups is 1. The predicted octanol–water partition coefficient (Wildman–Crippen LogP) is 4.37. The second-order valence-corrected chi connectivity index (χ2v) is 6.71. The molecular formula is C25H28O4. The van der Waals surface area contributed by atoms with Gasteiger partial charge < -0.3 is 19.3 Å². The van der Waals surface area contributed by atoms with Crippen molar-refractivity contribution in [2.24, 2.45) is 0 Å². The van der Waals surface area contributed by atoms with Crippen molar-refractivity contribution >= 4 is 0 Å². The van der Waals surface area contributed by atoms with E-state index in [1.807, 2.05) is 54.6 Å². The van der Waals surface area contributed by atoms with Gasteiger partial charge >= 0.3 is 0 Å². The number of benzene rings is 3. The molecule has 3 aromatic rings. The highest BCUT2D eigenvalue weighted by Gasteiger charge is 2.37. The molecule has 4 heteroatoms. The largest absolute Gasteiger partial charge is 0.377 e. The molecule has 0 aliphatic rings. The van der Waals surface area contributed by atoms with Gasteiger partial charge in [-0.15, -0.1) is 0 Å². The Balaban J connectivity index is 1.85. The van der Waals surface area contributed by atoms with Crippen molar-refractivity contribution in [1.29, 1.82) is 0 Å². The van der Waals surface area contributed by atoms with Gasteiger partial charge in [0, 0.05) is 0 Å². The highest BCUT2D eigenvalue weighted by Crippen LogP contribution is 2.40. The molecular weight excluding hydrogens is 364 g/mol. The first kappa shape index (κ1) is 21.2. The normalized spacial score (nSPS) is 12.6. The van der Waals surface area contributed by atoms with E-state index in [-0.39, 0.29) is 0 Å². The zero-order chi connectivity index (χ0) is 20.4. The second-order valence-electron chi connectivity index (χ2n) is 6.71. The molecule has 1 N–H and O–H groups in total. The number of hydrogen-bond donors (Lipinski definition) is 1. The lowest BCUT2D eigenvalue weighted by molar-refractivity contribution is -0.104. The fraction of sp³-hybridized carbons (Fsp3) is 0.280. The van der Waals surface area contributed by atoms with Crippen LogP contribution in [0.25, 0.3) is 0 Å². The summed E-state index contributed by atoms with van der Waals surface area (Å²) in [5.41, 5.74) is 2.46. The molecule has 0 spiro atoms. The third-order valence-electron chi connectivity index (χ3n) is 4.67. The number of rotatable bonds is 11. The van der Waals surface area contributed by atoms with E-state index in [9.17, 15) is 0 Å². The first-order valence-electron chi connectivity index (χ1n) is 9.91. The predicted molar refractivity (Wildman–Crippen MR) is 114 cm³/mol. The van der Waals surface area contributed by atoms with Crippen LogP contribution in [0.1, 0.15) is 23.6 Å². The van der Waals surface area contributed by atoms with Gasteiger partial charge in [0.05, 0.1) is 26.4 Å². The minimum Gasteiger partial charge on any atom is -0.377 e. The average Bonchev–Trinajstić information content (AvgIpc) is 2.77. The molecule has 0 saturated carbocycles. The van der Waals surface area contributed by atoms with Gasteiger partial charge in [-0.2, -0.15) is 0 Å². The van der Waals surface area contributed by atoms with E-state index in [1.165, 1.54) is 0 Å². The van der Waals surface area contributed by atoms with E-state index in [4.69, 9.17) is 19.3 Å². The molecule has 0 amide bonds. The quantitative estimate of drug-likeness (QED) is 0.299. The Morgan fingerprint density at radius 2 is 1.07 bits per heavy atom. The molecule has 0 heterocycles. The Labute approximate surface area is 172 Å². The number of ether oxygens (including phenoxy) is 3. The third-order valence-corrected chi connectivity index (χ3v) is 4.67. The van der Waals surface area contributed by atoms with E-state index in [1.54, 1.807) is 6.92 Å². The second kappa shape index (κ2) is 10.9. The molecule has 4 nitrogen and oxygen atoms in total. The lowest BCUT2D eigenvalue weighted by atomic mass is 9.80. The SMILES string of the molecule is CC(O)OCCOCCOC(c1ccccc1)(c1ccccc1)c1ccccc1. The highest BCUT2D eigenvalue weighted by molar-refractivity contribution is 5.47. The van der Waals surface area contributed by atoms with E-state index < -0.39 is 11.9 Å². The van der Waals surface area contributed by atoms with E-state index in [0.29, 0.717) is 26.4 Å². The first-order chi connectivity index (χ1) is 14.2. The summed E-state index contributed by atoms with van der Waals surface area (Å²) < 4.78 is 17.3. The minimum absolute atomic E-state index is 0.346. The summed E-state index contributed by atoms with van der Waals surface area (Å²) in [6.45, 7) is 3.17. The van der Waals surface area contributed by atoms with E-state index in [0.717, 1.165) is 16.7 Å². The monoisotopic (exact) mass is 392 g/mol. The van der Waals surface area contributed by atoms with Crippen molar-refractivity contribution < 1.29 is 19.3 Å². The maximum absolute atomic E-state index is 9.14. The lowest BCUT2D eigenvalue weighted by Crippen LogP contribution is -2.34. The Kier molecular flexibility index (Phi) is 7.96. The van der Waals surface area contributed by atoms with Crippen molar-refractivity contribution in [2.45, 2.75) is 18.8 Å². The molecule has 0 aliphatic heterocycles. The van der Waals surface area contributed by atoms with Crippen LogP contribution in [0.4, 0.5) is 0 Å². The van der Waals surface area contributed by atoms with Crippen LogP contribution in [0.15, 0.2) is 91.0 Å². The van der Waals surface area contributed by atoms with Crippen molar-refractivity contribution in [3.63, 3.8) is 0 Å². The Morgan fingerprint density at radius 3 is 1.48 bits per heavy atom. The molecule has 0 bridgehead atoms. The van der Waals surface area contributed by atoms with Crippen molar-refractivity contribution in [3.05, 3.63) is 108 Å². The summed E-state index contributed by atoms with van der Waals surface area (Å²) in [6, 6.07) is 30.8. The van der Waals surface area contributed by atoms with Crippen molar-refractivity contribution in [3.8, 4) is 0 Å². The van der Waals surface area contributed by atoms with Crippen molar-refractivity contribution in [2.75, 3.05) is 26.4 Å². The molecule has 0 saturated heterocycles. The van der Waals surface area contributed by atoms with Gasteiger partial charge in [0.25, 0.3) is 0 Å². The third kappa shape index (κ3) is 5.52. The minimum atomic E-state index is -0.781. The molecule has 0 fully saturated rings. The lowest BCUT2D eigenvalue weighted by Gasteiger charge is -2.36. The summed E-state index contributed by atoms with van der Waals surface area (Å²) >= 11 is 0. The Morgan fingerprint density at radius 1 is 0.655 bits per heavy atom. The van der Waals surface area contributed by atoms with Crippen LogP contribution in [0.5, 0.6) is 0 Å². The molecule has 3 aromatic carbocycles. The summed E-state index contributed by atoms with van der Waals surface area (Å²) in [5.74, 6) is 0. The zero-order valence-electron chi connectivity index (χ0n) is 16.7. The summed E-state index contributed by atoms with van der Waals surface area (Å²) in [6.07, 6.45) is -0.781. The Hall–Kier alpha value is -2.50. The molecule has 0 radical (unpaired) electrons. The van der Waals surface area contributed by atoms with Gasteiger partial charge in [0.2, 0.25) is 0 Å². The summed E-state index contributed by atoms with van der Waals surface area (Å²) in [4.78, 5) is 0. The fourth-order valence-electron chi connectivity index (χ4n) is 3.40. The molecule has 152 valence electrons. The van der Waals surface area contributed by atoms with E-state index >= 15 is 0 Å². The molecule has 3 rings (SSSR count). The van der Waals surface area contributed by atoms with E-state index in [2.05, 4.69) is 36.4 Å². The zero-order valence-corrected chi connectivity index (χ0v) is 16.7. The molecule has 1 unspecified atom stereocenters. The molecule has 0 aliphatic carbocycles. The van der Waals surface area contributed by atoms with Crippen LogP contribution in [0.3, 0.4) is 0 Å². The Bertz CT molecular complexity index is 723. The van der Waals surface area contributed by atoms with Gasteiger partial charge in [0.15, 0.2) is 6.29 Å². The van der Waals surface area contributed by atoms with Gasteiger partial charge in [0.1, 0.15) is 5.60 Å². The van der Waals surface area contributed by atoms with Crippen LogP contribution in [0.2, 0.25) is 0 Å². The topological polar surface area (TPSA) is 47.9 Å². The fourth-order valence-corrected chi connectivity index (χ4v) is 3.40. The molecule has 29 heavy (non-hydrogen) atoms. The molecule has 1 atom stereocenters. The average molecular weight is 392 g/mol. The maximum Gasteiger partial charge on any atom is 0.151 e. The van der Waals surface area contributed by atoms with Crippen molar-refractivity contribution in [1.82, 2.24) is 0 Å². The highest BCUT2D eigenvalue weighted by atomic mass is 16.6. The summed E-state index contributed by atoms with van der Waals surface area (Å²) in [7, 11) is 0. The van der Waals surface area contributed by atoms with Crippen LogP contribution < -0.4 is 0 Å². The van der Waals surface area contributed by atoms with Gasteiger partial charge in [-0.05, 0) is 23.6 Å². The number of hydrogen-bond acceptors (Lipinski definition) is 4. The maximum atomic E-state index is 9.14. The number of aliphatic hydroxyl groups excluding tert-OH is 1.